The second-order valence-electron chi connectivity index (χ2n) is 5.18. The summed E-state index contributed by atoms with van der Waals surface area (Å²) in [6, 6.07) is 9.23. The molecule has 0 radical (unpaired) electrons. The molecule has 21 heavy (non-hydrogen) atoms. The van der Waals surface area contributed by atoms with Crippen LogP contribution in [-0.4, -0.2) is 18.1 Å². The second-order valence-corrected chi connectivity index (χ2v) is 6.10. The van der Waals surface area contributed by atoms with Gasteiger partial charge in [0.1, 0.15) is 5.82 Å². The number of rotatable bonds is 4. The lowest BCUT2D eigenvalue weighted by Gasteiger charge is -2.19. The van der Waals surface area contributed by atoms with Crippen LogP contribution in [0, 0.1) is 5.82 Å². The van der Waals surface area contributed by atoms with Crippen LogP contribution in [0.3, 0.4) is 0 Å². The van der Waals surface area contributed by atoms with Gasteiger partial charge in [0.2, 0.25) is 0 Å². The average molecular weight is 350 g/mol. The summed E-state index contributed by atoms with van der Waals surface area (Å²) in [5, 5.41) is 3.20. The van der Waals surface area contributed by atoms with Gasteiger partial charge in [0, 0.05) is 29.4 Å². The molecule has 0 saturated carbocycles. The van der Waals surface area contributed by atoms with Crippen molar-refractivity contribution in [3.05, 3.63) is 52.5 Å². The minimum Gasteiger partial charge on any atom is -0.379 e. The normalized spacial score (nSPS) is 14.5. The van der Waals surface area contributed by atoms with Crippen LogP contribution < -0.4 is 10.2 Å². The van der Waals surface area contributed by atoms with Crippen molar-refractivity contribution in [1.29, 1.82) is 0 Å². The number of benzene rings is 1. The van der Waals surface area contributed by atoms with E-state index in [1.165, 1.54) is 0 Å². The molecule has 0 unspecified atom stereocenters. The Morgan fingerprint density at radius 3 is 2.67 bits per heavy atom. The first-order valence-electron chi connectivity index (χ1n) is 7.11. The van der Waals surface area contributed by atoms with Crippen molar-refractivity contribution >= 4 is 27.3 Å². The fraction of sp³-hybridized carbons (Fsp3) is 0.312. The van der Waals surface area contributed by atoms with Gasteiger partial charge in [-0.25, -0.2) is 4.39 Å². The number of anilines is 2. The summed E-state index contributed by atoms with van der Waals surface area (Å²) in [4.78, 5) is 6.39. The predicted molar refractivity (Wildman–Crippen MR) is 87.1 cm³/mol. The predicted octanol–water partition coefficient (Wildman–Crippen LogP) is 4.20. The van der Waals surface area contributed by atoms with Crippen LogP contribution >= 0.6 is 15.9 Å². The van der Waals surface area contributed by atoms with Crippen molar-refractivity contribution < 1.29 is 4.39 Å². The molecule has 1 N–H and O–H groups in total. The maximum absolute atomic E-state index is 14.2. The Kier molecular flexibility index (Phi) is 4.39. The van der Waals surface area contributed by atoms with Crippen molar-refractivity contribution in [1.82, 2.24) is 4.98 Å². The smallest absolute Gasteiger partial charge is 0.148 e. The van der Waals surface area contributed by atoms with E-state index in [0.29, 0.717) is 12.2 Å². The third kappa shape index (κ3) is 3.53. The van der Waals surface area contributed by atoms with E-state index in [0.717, 1.165) is 41.8 Å². The molecule has 0 amide bonds. The first-order valence-corrected chi connectivity index (χ1v) is 7.90. The van der Waals surface area contributed by atoms with Gasteiger partial charge in [-0.05, 0) is 59.1 Å². The summed E-state index contributed by atoms with van der Waals surface area (Å²) in [5.74, 6) is -0.161. The van der Waals surface area contributed by atoms with E-state index in [1.54, 1.807) is 12.3 Å². The van der Waals surface area contributed by atoms with Crippen LogP contribution in [0.1, 0.15) is 18.5 Å². The van der Waals surface area contributed by atoms with Crippen LogP contribution in [-0.2, 0) is 6.54 Å². The van der Waals surface area contributed by atoms with Gasteiger partial charge in [0.25, 0.3) is 0 Å². The number of aromatic nitrogens is 1. The summed E-state index contributed by atoms with van der Waals surface area (Å²) >= 11 is 3.35. The minimum absolute atomic E-state index is 0.161. The van der Waals surface area contributed by atoms with Gasteiger partial charge in [-0.2, -0.15) is 0 Å². The Morgan fingerprint density at radius 1 is 1.19 bits per heavy atom. The molecule has 1 saturated heterocycles. The third-order valence-corrected chi connectivity index (χ3v) is 4.13. The molecular weight excluding hydrogens is 333 g/mol. The minimum atomic E-state index is -0.161. The lowest BCUT2D eigenvalue weighted by molar-refractivity contribution is 0.623. The topological polar surface area (TPSA) is 28.2 Å². The summed E-state index contributed by atoms with van der Waals surface area (Å²) < 4.78 is 15.1. The summed E-state index contributed by atoms with van der Waals surface area (Å²) in [6.45, 7) is 2.48. The van der Waals surface area contributed by atoms with E-state index in [2.05, 4.69) is 31.1 Å². The monoisotopic (exact) mass is 349 g/mol. The molecule has 110 valence electrons. The van der Waals surface area contributed by atoms with E-state index >= 15 is 0 Å². The molecule has 1 aromatic heterocycles. The van der Waals surface area contributed by atoms with Crippen molar-refractivity contribution in [3.63, 3.8) is 0 Å². The van der Waals surface area contributed by atoms with Crippen LogP contribution in [0.25, 0.3) is 0 Å². The molecule has 1 fully saturated rings. The standard InChI is InChI=1S/C16H17BrFN3/c17-12-3-4-14(19-10-12)11-20-13-5-6-16(15(18)9-13)21-7-1-2-8-21/h3-6,9-10,20H,1-2,7-8,11H2. The van der Waals surface area contributed by atoms with Gasteiger partial charge in [-0.1, -0.05) is 0 Å². The van der Waals surface area contributed by atoms with E-state index in [9.17, 15) is 4.39 Å². The van der Waals surface area contributed by atoms with Crippen molar-refractivity contribution in [3.8, 4) is 0 Å². The quantitative estimate of drug-likeness (QED) is 0.896. The lowest BCUT2D eigenvalue weighted by atomic mass is 10.2. The summed E-state index contributed by atoms with van der Waals surface area (Å²) in [6.07, 6.45) is 4.05. The van der Waals surface area contributed by atoms with Gasteiger partial charge >= 0.3 is 0 Å². The number of pyridine rings is 1. The molecule has 3 nitrogen and oxygen atoms in total. The molecule has 1 aliphatic rings. The van der Waals surface area contributed by atoms with Crippen molar-refractivity contribution in [2.45, 2.75) is 19.4 Å². The molecule has 0 atom stereocenters. The van der Waals surface area contributed by atoms with Gasteiger partial charge in [-0.15, -0.1) is 0 Å². The number of hydrogen-bond donors (Lipinski definition) is 1. The zero-order valence-corrected chi connectivity index (χ0v) is 13.2. The average Bonchev–Trinajstić information content (AvgIpc) is 3.01. The highest BCUT2D eigenvalue weighted by atomic mass is 79.9. The Balaban J connectivity index is 1.66. The highest BCUT2D eigenvalue weighted by molar-refractivity contribution is 9.10. The Labute approximate surface area is 132 Å². The molecule has 0 bridgehead atoms. The lowest BCUT2D eigenvalue weighted by Crippen LogP contribution is -2.19. The molecule has 2 heterocycles. The molecule has 3 rings (SSSR count). The van der Waals surface area contributed by atoms with Gasteiger partial charge in [0.15, 0.2) is 0 Å². The van der Waals surface area contributed by atoms with Gasteiger partial charge in [-0.3, -0.25) is 4.98 Å². The first-order chi connectivity index (χ1) is 10.2. The number of nitrogens with one attached hydrogen (secondary N) is 1. The van der Waals surface area contributed by atoms with Crippen LogP contribution in [0.15, 0.2) is 41.0 Å². The Bertz CT molecular complexity index is 609. The van der Waals surface area contributed by atoms with Crippen LogP contribution in [0.4, 0.5) is 15.8 Å². The van der Waals surface area contributed by atoms with E-state index in [-0.39, 0.29) is 5.82 Å². The zero-order valence-electron chi connectivity index (χ0n) is 11.6. The van der Waals surface area contributed by atoms with E-state index in [4.69, 9.17) is 0 Å². The number of nitrogens with zero attached hydrogens (tertiary/aromatic N) is 2. The summed E-state index contributed by atoms with van der Waals surface area (Å²) in [7, 11) is 0. The van der Waals surface area contributed by atoms with E-state index in [1.807, 2.05) is 24.3 Å². The second kappa shape index (κ2) is 6.43. The first kappa shape index (κ1) is 14.3. The van der Waals surface area contributed by atoms with Crippen molar-refractivity contribution in [2.24, 2.45) is 0 Å². The van der Waals surface area contributed by atoms with Crippen LogP contribution in [0.5, 0.6) is 0 Å². The molecule has 0 aliphatic carbocycles. The molecule has 1 aromatic carbocycles. The largest absolute Gasteiger partial charge is 0.379 e. The molecule has 5 heteroatoms. The fourth-order valence-electron chi connectivity index (χ4n) is 2.53. The zero-order chi connectivity index (χ0) is 14.7. The van der Waals surface area contributed by atoms with Crippen LogP contribution in [0.2, 0.25) is 0 Å². The molecule has 2 aromatic rings. The molecular formula is C16H17BrFN3. The highest BCUT2D eigenvalue weighted by Gasteiger charge is 2.16. The summed E-state index contributed by atoms with van der Waals surface area (Å²) in [5.41, 5.74) is 2.40. The maximum Gasteiger partial charge on any atom is 0.148 e. The SMILES string of the molecule is Fc1cc(NCc2ccc(Br)cn2)ccc1N1CCCC1. The number of halogens is 2. The number of hydrogen-bond acceptors (Lipinski definition) is 3. The highest BCUT2D eigenvalue weighted by Crippen LogP contribution is 2.26. The van der Waals surface area contributed by atoms with E-state index < -0.39 is 0 Å². The molecule has 1 aliphatic heterocycles. The van der Waals surface area contributed by atoms with Gasteiger partial charge < -0.3 is 10.2 Å². The third-order valence-electron chi connectivity index (χ3n) is 3.66. The van der Waals surface area contributed by atoms with Crippen molar-refractivity contribution in [2.75, 3.05) is 23.3 Å². The molecule has 0 spiro atoms. The fourth-order valence-corrected chi connectivity index (χ4v) is 2.77. The maximum atomic E-state index is 14.2. The van der Waals surface area contributed by atoms with Gasteiger partial charge in [0.05, 0.1) is 17.9 Å². The Morgan fingerprint density at radius 2 is 2.00 bits per heavy atom. The Hall–Kier alpha value is -1.62.